The average molecular weight is 484 g/mol. The van der Waals surface area contributed by atoms with E-state index in [2.05, 4.69) is 29.6 Å². The van der Waals surface area contributed by atoms with Crippen molar-refractivity contribution in [1.29, 1.82) is 0 Å². The number of carbonyl (C=O) groups is 2. The third-order valence-electron chi connectivity index (χ3n) is 7.64. The minimum atomic E-state index is -0.911. The lowest BCUT2D eigenvalue weighted by Crippen LogP contribution is -2.55. The molecule has 0 unspecified atom stereocenters. The maximum Gasteiger partial charge on any atom is 0.410 e. The normalized spacial score (nSPS) is 18.6. The van der Waals surface area contributed by atoms with Gasteiger partial charge in [0.05, 0.1) is 0 Å². The number of amides is 2. The Morgan fingerprint density at radius 3 is 2.22 bits per heavy atom. The van der Waals surface area contributed by atoms with Crippen molar-refractivity contribution in [1.82, 2.24) is 10.2 Å². The van der Waals surface area contributed by atoms with Gasteiger partial charge in [-0.25, -0.2) is 4.79 Å². The molecule has 0 radical (unpaired) electrons. The van der Waals surface area contributed by atoms with E-state index < -0.39 is 11.6 Å². The van der Waals surface area contributed by atoms with Crippen LogP contribution in [0.1, 0.15) is 47.9 Å². The van der Waals surface area contributed by atoms with E-state index in [4.69, 9.17) is 10.5 Å². The molecule has 36 heavy (non-hydrogen) atoms. The SMILES string of the molecule is C[C@@]1(C(=O)NCCc2ccc(CN)cc2)CCCN1C(=O)OCC1c2ccccc2-c2ccccc21. The Morgan fingerprint density at radius 1 is 0.972 bits per heavy atom. The molecule has 3 N–H and O–H groups in total. The molecule has 1 aliphatic heterocycles. The minimum Gasteiger partial charge on any atom is -0.448 e. The summed E-state index contributed by atoms with van der Waals surface area (Å²) in [6, 6.07) is 24.6. The van der Waals surface area contributed by atoms with Crippen molar-refractivity contribution >= 4 is 12.0 Å². The highest BCUT2D eigenvalue weighted by Gasteiger charge is 2.46. The second-order valence-electron chi connectivity index (χ2n) is 9.86. The number of nitrogens with two attached hydrogens (primary N) is 1. The maximum absolute atomic E-state index is 13.2. The highest BCUT2D eigenvalue weighted by Crippen LogP contribution is 2.44. The molecular weight excluding hydrogens is 450 g/mol. The zero-order chi connectivity index (χ0) is 25.1. The first-order valence-corrected chi connectivity index (χ1v) is 12.7. The summed E-state index contributed by atoms with van der Waals surface area (Å²) in [6.07, 6.45) is 1.69. The first-order valence-electron chi connectivity index (χ1n) is 12.7. The van der Waals surface area contributed by atoms with Crippen molar-refractivity contribution in [2.24, 2.45) is 5.73 Å². The molecule has 2 aliphatic rings. The lowest BCUT2D eigenvalue weighted by Gasteiger charge is -2.33. The predicted molar refractivity (Wildman–Crippen MR) is 140 cm³/mol. The molecule has 1 fully saturated rings. The highest BCUT2D eigenvalue weighted by atomic mass is 16.6. The fourth-order valence-corrected chi connectivity index (χ4v) is 5.52. The lowest BCUT2D eigenvalue weighted by atomic mass is 9.97. The molecule has 1 saturated heterocycles. The number of hydrogen-bond acceptors (Lipinski definition) is 4. The van der Waals surface area contributed by atoms with Crippen molar-refractivity contribution in [3.05, 3.63) is 95.1 Å². The quantitative estimate of drug-likeness (QED) is 0.514. The first kappa shape index (κ1) is 24.1. The van der Waals surface area contributed by atoms with Gasteiger partial charge in [-0.1, -0.05) is 72.8 Å². The summed E-state index contributed by atoms with van der Waals surface area (Å²) >= 11 is 0. The van der Waals surface area contributed by atoms with Crippen LogP contribution in [0.2, 0.25) is 0 Å². The Balaban J connectivity index is 1.21. The van der Waals surface area contributed by atoms with Crippen LogP contribution in [-0.4, -0.2) is 42.1 Å². The average Bonchev–Trinajstić information content (AvgIpc) is 3.46. The largest absolute Gasteiger partial charge is 0.448 e. The number of likely N-dealkylation sites (tertiary alicyclic amines) is 1. The third-order valence-corrected chi connectivity index (χ3v) is 7.64. The Bertz CT molecular complexity index is 1210. The van der Waals surface area contributed by atoms with Gasteiger partial charge in [-0.3, -0.25) is 9.69 Å². The van der Waals surface area contributed by atoms with Crippen LogP contribution in [0.15, 0.2) is 72.8 Å². The van der Waals surface area contributed by atoms with E-state index in [1.165, 1.54) is 22.3 Å². The smallest absolute Gasteiger partial charge is 0.410 e. The van der Waals surface area contributed by atoms with Crippen LogP contribution >= 0.6 is 0 Å². The zero-order valence-electron chi connectivity index (χ0n) is 20.7. The number of benzene rings is 3. The van der Waals surface area contributed by atoms with Gasteiger partial charge in [0.1, 0.15) is 12.1 Å². The number of rotatable bonds is 7. The van der Waals surface area contributed by atoms with Gasteiger partial charge in [-0.15, -0.1) is 0 Å². The van der Waals surface area contributed by atoms with Crippen LogP contribution in [0.3, 0.4) is 0 Å². The molecule has 1 aliphatic carbocycles. The molecule has 6 nitrogen and oxygen atoms in total. The molecule has 5 rings (SSSR count). The van der Waals surface area contributed by atoms with Gasteiger partial charge in [-0.2, -0.15) is 0 Å². The molecule has 3 aromatic rings. The highest BCUT2D eigenvalue weighted by molar-refractivity contribution is 5.90. The summed E-state index contributed by atoms with van der Waals surface area (Å²) in [5.41, 5.74) is 11.7. The summed E-state index contributed by atoms with van der Waals surface area (Å²) < 4.78 is 5.86. The standard InChI is InChI=1S/C30H33N3O3/c1-30(28(34)32-17-15-21-11-13-22(19-31)14-12-21)16-6-18-33(30)29(35)36-20-27-25-9-4-2-7-23(25)24-8-3-5-10-26(24)27/h2-5,7-14,27H,6,15-20,31H2,1H3,(H,32,34)/t30-/m0/s1. The van der Waals surface area contributed by atoms with E-state index in [0.29, 0.717) is 26.1 Å². The molecular formula is C30H33N3O3. The van der Waals surface area contributed by atoms with Crippen molar-refractivity contribution in [3.63, 3.8) is 0 Å². The summed E-state index contributed by atoms with van der Waals surface area (Å²) in [6.45, 7) is 3.63. The molecule has 186 valence electrons. The van der Waals surface area contributed by atoms with Gasteiger partial charge >= 0.3 is 6.09 Å². The molecule has 1 atom stereocenters. The molecule has 0 bridgehead atoms. The molecule has 2 amide bonds. The Hall–Kier alpha value is -3.64. The van der Waals surface area contributed by atoms with Crippen LogP contribution < -0.4 is 11.1 Å². The Labute approximate surface area is 212 Å². The van der Waals surface area contributed by atoms with Gasteiger partial charge in [0.2, 0.25) is 5.91 Å². The molecule has 0 spiro atoms. The number of carbonyl (C=O) groups excluding carboxylic acids is 2. The predicted octanol–water partition coefficient (Wildman–Crippen LogP) is 4.61. The van der Waals surface area contributed by atoms with Crippen molar-refractivity contribution < 1.29 is 14.3 Å². The van der Waals surface area contributed by atoms with Crippen LogP contribution in [-0.2, 0) is 22.5 Å². The molecule has 0 saturated carbocycles. The van der Waals surface area contributed by atoms with Crippen LogP contribution in [0.5, 0.6) is 0 Å². The fraction of sp³-hybridized carbons (Fsp3) is 0.333. The Kier molecular flexibility index (Phi) is 6.79. The number of fused-ring (bicyclic) bond motifs is 3. The third kappa shape index (κ3) is 4.49. The summed E-state index contributed by atoms with van der Waals surface area (Å²) in [5.74, 6) is -0.137. The first-order chi connectivity index (χ1) is 17.5. The van der Waals surface area contributed by atoms with Gasteiger partial charge < -0.3 is 15.8 Å². The topological polar surface area (TPSA) is 84.7 Å². The molecule has 3 aromatic carbocycles. The van der Waals surface area contributed by atoms with Crippen molar-refractivity contribution in [2.45, 2.75) is 44.2 Å². The second kappa shape index (κ2) is 10.2. The molecule has 6 heteroatoms. The number of hydrogen-bond donors (Lipinski definition) is 2. The van der Waals surface area contributed by atoms with Gasteiger partial charge in [0.25, 0.3) is 0 Å². The number of nitrogens with zero attached hydrogens (tertiary/aromatic N) is 1. The monoisotopic (exact) mass is 483 g/mol. The summed E-state index contributed by atoms with van der Waals surface area (Å²) in [7, 11) is 0. The number of ether oxygens (including phenoxy) is 1. The minimum absolute atomic E-state index is 0.00491. The van der Waals surface area contributed by atoms with E-state index >= 15 is 0 Å². The van der Waals surface area contributed by atoms with E-state index in [1.54, 1.807) is 4.90 Å². The molecule has 0 aromatic heterocycles. The summed E-state index contributed by atoms with van der Waals surface area (Å²) in [5, 5.41) is 3.04. The van der Waals surface area contributed by atoms with Gasteiger partial charge in [0.15, 0.2) is 0 Å². The summed E-state index contributed by atoms with van der Waals surface area (Å²) in [4.78, 5) is 28.0. The molecule has 1 heterocycles. The van der Waals surface area contributed by atoms with E-state index in [1.807, 2.05) is 55.5 Å². The van der Waals surface area contributed by atoms with E-state index in [9.17, 15) is 9.59 Å². The van der Waals surface area contributed by atoms with Gasteiger partial charge in [0, 0.05) is 25.6 Å². The lowest BCUT2D eigenvalue weighted by molar-refractivity contribution is -0.130. The maximum atomic E-state index is 13.2. The van der Waals surface area contributed by atoms with E-state index in [-0.39, 0.29) is 18.4 Å². The van der Waals surface area contributed by atoms with Crippen LogP contribution in [0.25, 0.3) is 11.1 Å². The second-order valence-corrected chi connectivity index (χ2v) is 9.86. The zero-order valence-corrected chi connectivity index (χ0v) is 20.7. The van der Waals surface area contributed by atoms with E-state index in [0.717, 1.165) is 24.0 Å². The Morgan fingerprint density at radius 2 is 1.58 bits per heavy atom. The van der Waals surface area contributed by atoms with Crippen molar-refractivity contribution in [3.8, 4) is 11.1 Å². The van der Waals surface area contributed by atoms with Crippen molar-refractivity contribution in [2.75, 3.05) is 19.7 Å². The number of nitrogens with one attached hydrogen (secondary N) is 1. The fourth-order valence-electron chi connectivity index (χ4n) is 5.52. The van der Waals surface area contributed by atoms with Crippen LogP contribution in [0, 0.1) is 0 Å². The van der Waals surface area contributed by atoms with Crippen LogP contribution in [0.4, 0.5) is 4.79 Å². The van der Waals surface area contributed by atoms with Gasteiger partial charge in [-0.05, 0) is 59.6 Å².